The molecule has 0 amide bonds. The fraction of sp³-hybridized carbons (Fsp3) is 0.111. The van der Waals surface area contributed by atoms with Crippen molar-refractivity contribution in [2.45, 2.75) is 6.42 Å². The number of hydrogen-bond donors (Lipinski definition) is 4. The van der Waals surface area contributed by atoms with E-state index in [-0.39, 0.29) is 11.1 Å². The van der Waals surface area contributed by atoms with Crippen LogP contribution in [0.4, 0.5) is 0 Å². The van der Waals surface area contributed by atoms with Gasteiger partial charge in [0.2, 0.25) is 0 Å². The minimum Gasteiger partial charge on any atom is -0.478 e. The Morgan fingerprint density at radius 2 is 1.64 bits per heavy atom. The molecule has 3 aromatic rings. The SMILES string of the molecule is NCCc1c[nH]c2ccc(Cl)cc12.O=C(O)c1ccccc1C(=O)O. The second-order valence-electron chi connectivity index (χ2n) is 5.20. The van der Waals surface area contributed by atoms with E-state index in [0.717, 1.165) is 17.0 Å². The highest BCUT2D eigenvalue weighted by Gasteiger charge is 2.13. The molecule has 1 aromatic heterocycles. The van der Waals surface area contributed by atoms with Crippen molar-refractivity contribution >= 4 is 34.4 Å². The summed E-state index contributed by atoms with van der Waals surface area (Å²) in [6.45, 7) is 0.666. The Balaban J connectivity index is 0.000000181. The highest BCUT2D eigenvalue weighted by molar-refractivity contribution is 6.31. The number of aromatic carboxylic acids is 2. The molecule has 7 heteroatoms. The number of aromatic amines is 1. The maximum Gasteiger partial charge on any atom is 0.336 e. The fourth-order valence-corrected chi connectivity index (χ4v) is 2.54. The Morgan fingerprint density at radius 1 is 1.04 bits per heavy atom. The standard InChI is InChI=1S/C10H11ClN2.C8H6O4/c11-8-1-2-10-9(5-8)7(3-4-12)6-13-10;9-7(10)5-3-1-2-4-6(5)8(11)12/h1-2,5-6,13H,3-4,12H2;1-4H,(H,9,10)(H,11,12). The number of halogens is 1. The van der Waals surface area contributed by atoms with Crippen molar-refractivity contribution in [1.29, 1.82) is 0 Å². The Morgan fingerprint density at radius 3 is 2.16 bits per heavy atom. The monoisotopic (exact) mass is 360 g/mol. The van der Waals surface area contributed by atoms with Crippen molar-refractivity contribution in [3.8, 4) is 0 Å². The Bertz CT molecular complexity index is 872. The topological polar surface area (TPSA) is 116 Å². The molecule has 0 saturated carbocycles. The van der Waals surface area contributed by atoms with Gasteiger partial charge in [0.25, 0.3) is 0 Å². The molecule has 0 radical (unpaired) electrons. The van der Waals surface area contributed by atoms with Crippen molar-refractivity contribution in [2.75, 3.05) is 6.54 Å². The zero-order chi connectivity index (χ0) is 18.4. The Labute approximate surface area is 148 Å². The summed E-state index contributed by atoms with van der Waals surface area (Å²) in [5.41, 5.74) is 7.48. The molecular weight excluding hydrogens is 344 g/mol. The lowest BCUT2D eigenvalue weighted by atomic mass is 10.1. The number of aromatic nitrogens is 1. The lowest BCUT2D eigenvalue weighted by molar-refractivity contribution is 0.0651. The smallest absolute Gasteiger partial charge is 0.336 e. The normalized spacial score (nSPS) is 10.2. The largest absolute Gasteiger partial charge is 0.478 e. The van der Waals surface area contributed by atoms with Gasteiger partial charge in [-0.2, -0.15) is 0 Å². The molecule has 0 aliphatic carbocycles. The van der Waals surface area contributed by atoms with Gasteiger partial charge >= 0.3 is 11.9 Å². The predicted molar refractivity (Wildman–Crippen MR) is 96.4 cm³/mol. The molecule has 6 nitrogen and oxygen atoms in total. The molecule has 0 spiro atoms. The minimum atomic E-state index is -1.23. The first kappa shape index (κ1) is 18.5. The number of H-pyrrole nitrogens is 1. The van der Waals surface area contributed by atoms with Crippen LogP contribution in [0.3, 0.4) is 0 Å². The molecular formula is C18H17ClN2O4. The summed E-state index contributed by atoms with van der Waals surface area (Å²) in [6.07, 6.45) is 2.88. The molecule has 0 unspecified atom stereocenters. The molecule has 0 aliphatic heterocycles. The number of hydrogen-bond acceptors (Lipinski definition) is 3. The van der Waals surface area contributed by atoms with Gasteiger partial charge in [-0.1, -0.05) is 23.7 Å². The van der Waals surface area contributed by atoms with Crippen LogP contribution in [0.25, 0.3) is 10.9 Å². The van der Waals surface area contributed by atoms with E-state index in [1.54, 1.807) is 0 Å². The van der Waals surface area contributed by atoms with Crippen LogP contribution in [0.2, 0.25) is 5.02 Å². The van der Waals surface area contributed by atoms with Gasteiger partial charge in [0, 0.05) is 22.1 Å². The average Bonchev–Trinajstić information content (AvgIpc) is 2.98. The summed E-state index contributed by atoms with van der Waals surface area (Å²) < 4.78 is 0. The third-order valence-electron chi connectivity index (χ3n) is 3.53. The molecule has 0 aliphatic rings. The Kier molecular flexibility index (Phi) is 6.16. The van der Waals surface area contributed by atoms with Crippen LogP contribution in [0.5, 0.6) is 0 Å². The van der Waals surface area contributed by atoms with Gasteiger partial charge in [0.05, 0.1) is 11.1 Å². The zero-order valence-corrected chi connectivity index (χ0v) is 14.0. The predicted octanol–water partition coefficient (Wildman–Crippen LogP) is 3.41. The maximum absolute atomic E-state index is 10.5. The van der Waals surface area contributed by atoms with Crippen LogP contribution >= 0.6 is 11.6 Å². The molecule has 0 bridgehead atoms. The number of nitrogens with one attached hydrogen (secondary N) is 1. The van der Waals surface area contributed by atoms with Gasteiger partial charge in [-0.3, -0.25) is 0 Å². The summed E-state index contributed by atoms with van der Waals surface area (Å²) in [5.74, 6) is -2.46. The van der Waals surface area contributed by atoms with Crippen molar-refractivity contribution in [1.82, 2.24) is 4.98 Å². The molecule has 3 rings (SSSR count). The molecule has 1 heterocycles. The summed E-state index contributed by atoms with van der Waals surface area (Å²) in [6, 6.07) is 11.3. The van der Waals surface area contributed by atoms with Crippen LogP contribution in [0.15, 0.2) is 48.7 Å². The van der Waals surface area contributed by atoms with Gasteiger partial charge in [0.15, 0.2) is 0 Å². The first-order valence-corrected chi connectivity index (χ1v) is 7.83. The van der Waals surface area contributed by atoms with Crippen LogP contribution in [-0.4, -0.2) is 33.7 Å². The van der Waals surface area contributed by atoms with Gasteiger partial charge in [0.1, 0.15) is 0 Å². The third kappa shape index (κ3) is 4.59. The molecule has 25 heavy (non-hydrogen) atoms. The summed E-state index contributed by atoms with van der Waals surface area (Å²) in [5, 5.41) is 19.0. The van der Waals surface area contributed by atoms with E-state index in [9.17, 15) is 9.59 Å². The van der Waals surface area contributed by atoms with E-state index in [4.69, 9.17) is 27.5 Å². The quantitative estimate of drug-likeness (QED) is 0.569. The van der Waals surface area contributed by atoms with Crippen LogP contribution in [0, 0.1) is 0 Å². The van der Waals surface area contributed by atoms with Gasteiger partial charge in [-0.15, -0.1) is 0 Å². The molecule has 0 atom stereocenters. The zero-order valence-electron chi connectivity index (χ0n) is 13.2. The van der Waals surface area contributed by atoms with E-state index in [0.29, 0.717) is 6.54 Å². The van der Waals surface area contributed by atoms with E-state index in [2.05, 4.69) is 4.98 Å². The number of benzene rings is 2. The number of fused-ring (bicyclic) bond motifs is 1. The first-order valence-electron chi connectivity index (χ1n) is 7.45. The van der Waals surface area contributed by atoms with E-state index in [1.807, 2.05) is 24.4 Å². The third-order valence-corrected chi connectivity index (χ3v) is 3.77. The second-order valence-corrected chi connectivity index (χ2v) is 5.63. The molecule has 0 saturated heterocycles. The molecule has 0 fully saturated rings. The van der Waals surface area contributed by atoms with E-state index < -0.39 is 11.9 Å². The average molecular weight is 361 g/mol. The van der Waals surface area contributed by atoms with Gasteiger partial charge < -0.3 is 20.9 Å². The van der Waals surface area contributed by atoms with Crippen LogP contribution in [-0.2, 0) is 6.42 Å². The number of carboxylic acid groups (broad SMARTS) is 2. The highest BCUT2D eigenvalue weighted by Crippen LogP contribution is 2.22. The summed E-state index contributed by atoms with van der Waals surface area (Å²) >= 11 is 5.90. The lowest BCUT2D eigenvalue weighted by Crippen LogP contribution is -2.06. The van der Waals surface area contributed by atoms with Gasteiger partial charge in [-0.25, -0.2) is 9.59 Å². The number of carbonyl (C=O) groups is 2. The maximum atomic E-state index is 10.5. The molecule has 5 N–H and O–H groups in total. The van der Waals surface area contributed by atoms with Crippen molar-refractivity contribution in [3.05, 3.63) is 70.4 Å². The summed E-state index contributed by atoms with van der Waals surface area (Å²) in [4.78, 5) is 24.1. The van der Waals surface area contributed by atoms with Gasteiger partial charge in [-0.05, 0) is 48.9 Å². The summed E-state index contributed by atoms with van der Waals surface area (Å²) in [7, 11) is 0. The number of rotatable bonds is 4. The first-order chi connectivity index (χ1) is 11.9. The van der Waals surface area contributed by atoms with Crippen LogP contribution < -0.4 is 5.73 Å². The van der Waals surface area contributed by atoms with Crippen LogP contribution in [0.1, 0.15) is 26.3 Å². The number of nitrogens with two attached hydrogens (primary N) is 1. The molecule has 130 valence electrons. The lowest BCUT2D eigenvalue weighted by Gasteiger charge is -1.98. The van der Waals surface area contributed by atoms with E-state index >= 15 is 0 Å². The highest BCUT2D eigenvalue weighted by atomic mass is 35.5. The van der Waals surface area contributed by atoms with E-state index in [1.165, 1.54) is 35.2 Å². The fourth-order valence-electron chi connectivity index (χ4n) is 2.37. The minimum absolute atomic E-state index is 0.190. The number of carboxylic acids is 2. The molecule has 2 aromatic carbocycles. The Hall–Kier alpha value is -2.83. The van der Waals surface area contributed by atoms with Crippen molar-refractivity contribution in [3.63, 3.8) is 0 Å². The second kappa shape index (κ2) is 8.32. The van der Waals surface area contributed by atoms with Crippen molar-refractivity contribution < 1.29 is 19.8 Å². The van der Waals surface area contributed by atoms with Crippen molar-refractivity contribution in [2.24, 2.45) is 5.73 Å².